The standard InChI is InChI=1S/C25H22N4O2S/c1-31-29-22(23(27)30)21-16-32-24(28-21)25(17-10-4-2-5-11-17,18-12-6-3-7-13-18)19-14-8-9-15-20(19)26/h2-16H,26H2,1H3,(H2,27,30). The van der Waals surface area contributed by atoms with Crippen LogP contribution in [-0.2, 0) is 15.0 Å². The Hall–Kier alpha value is -3.97. The van der Waals surface area contributed by atoms with Crippen LogP contribution in [0.2, 0.25) is 0 Å². The van der Waals surface area contributed by atoms with Crippen LogP contribution < -0.4 is 11.5 Å². The first kappa shape index (κ1) is 21.3. The van der Waals surface area contributed by atoms with Crippen molar-refractivity contribution >= 4 is 28.6 Å². The minimum atomic E-state index is -0.813. The first-order chi connectivity index (χ1) is 15.6. The number of thiazole rings is 1. The summed E-state index contributed by atoms with van der Waals surface area (Å²) in [4.78, 5) is 21.6. The molecule has 0 saturated carbocycles. The fourth-order valence-corrected chi connectivity index (χ4v) is 4.98. The maximum absolute atomic E-state index is 12.0. The van der Waals surface area contributed by atoms with Crippen molar-refractivity contribution < 1.29 is 9.63 Å². The zero-order valence-corrected chi connectivity index (χ0v) is 18.3. The van der Waals surface area contributed by atoms with Gasteiger partial charge < -0.3 is 16.3 Å². The highest BCUT2D eigenvalue weighted by Crippen LogP contribution is 2.47. The van der Waals surface area contributed by atoms with Gasteiger partial charge >= 0.3 is 0 Å². The molecule has 0 atom stereocenters. The van der Waals surface area contributed by atoms with Crippen LogP contribution >= 0.6 is 11.3 Å². The molecule has 0 fully saturated rings. The van der Waals surface area contributed by atoms with E-state index in [2.05, 4.69) is 29.4 Å². The average molecular weight is 443 g/mol. The van der Waals surface area contributed by atoms with Gasteiger partial charge in [-0.1, -0.05) is 84.0 Å². The summed E-state index contributed by atoms with van der Waals surface area (Å²) in [5, 5.41) is 6.28. The van der Waals surface area contributed by atoms with Crippen molar-refractivity contribution in [1.29, 1.82) is 0 Å². The first-order valence-electron chi connectivity index (χ1n) is 9.92. The van der Waals surface area contributed by atoms with Gasteiger partial charge in [0.1, 0.15) is 17.8 Å². The summed E-state index contributed by atoms with van der Waals surface area (Å²) < 4.78 is 0. The number of aromatic nitrogens is 1. The topological polar surface area (TPSA) is 104 Å². The van der Waals surface area contributed by atoms with Crippen LogP contribution in [0.1, 0.15) is 27.4 Å². The van der Waals surface area contributed by atoms with Gasteiger partial charge in [-0.15, -0.1) is 11.3 Å². The van der Waals surface area contributed by atoms with E-state index in [1.807, 2.05) is 60.7 Å². The fourth-order valence-electron chi connectivity index (χ4n) is 3.92. The van der Waals surface area contributed by atoms with Gasteiger partial charge in [-0.3, -0.25) is 4.79 Å². The van der Waals surface area contributed by atoms with E-state index < -0.39 is 11.3 Å². The second-order valence-corrected chi connectivity index (χ2v) is 7.95. The molecule has 160 valence electrons. The monoisotopic (exact) mass is 442 g/mol. The normalized spacial score (nSPS) is 11.8. The smallest absolute Gasteiger partial charge is 0.273 e. The molecular formula is C25H22N4O2S. The van der Waals surface area contributed by atoms with Crippen molar-refractivity contribution in [3.05, 3.63) is 118 Å². The van der Waals surface area contributed by atoms with Crippen LogP contribution in [0.5, 0.6) is 0 Å². The summed E-state index contributed by atoms with van der Waals surface area (Å²) in [6.45, 7) is 0. The Morgan fingerprint density at radius 2 is 1.50 bits per heavy atom. The lowest BCUT2D eigenvalue weighted by Crippen LogP contribution is -2.32. The number of carbonyl (C=O) groups excluding carboxylic acids is 1. The molecule has 6 nitrogen and oxygen atoms in total. The van der Waals surface area contributed by atoms with E-state index >= 15 is 0 Å². The highest BCUT2D eigenvalue weighted by molar-refractivity contribution is 7.10. The third kappa shape index (κ3) is 3.63. The number of carbonyl (C=O) groups is 1. The van der Waals surface area contributed by atoms with E-state index in [9.17, 15) is 4.79 Å². The molecule has 0 spiro atoms. The lowest BCUT2D eigenvalue weighted by atomic mass is 9.69. The maximum atomic E-state index is 12.0. The molecule has 32 heavy (non-hydrogen) atoms. The van der Waals surface area contributed by atoms with Crippen molar-refractivity contribution in [3.63, 3.8) is 0 Å². The minimum Gasteiger partial charge on any atom is -0.398 e. The molecule has 3 aromatic carbocycles. The van der Waals surface area contributed by atoms with Gasteiger partial charge in [-0.25, -0.2) is 4.98 Å². The molecule has 1 amide bonds. The molecule has 0 aliphatic carbocycles. The predicted molar refractivity (Wildman–Crippen MR) is 128 cm³/mol. The summed E-state index contributed by atoms with van der Waals surface area (Å²) in [5.74, 6) is -0.715. The second-order valence-electron chi connectivity index (χ2n) is 7.09. The zero-order chi connectivity index (χ0) is 22.6. The number of para-hydroxylation sites is 1. The third-order valence-electron chi connectivity index (χ3n) is 5.26. The number of hydrogen-bond acceptors (Lipinski definition) is 6. The number of benzene rings is 3. The number of hydrogen-bond donors (Lipinski definition) is 2. The Labute approximate surface area is 190 Å². The molecule has 1 aromatic heterocycles. The van der Waals surface area contributed by atoms with Crippen molar-refractivity contribution in [3.8, 4) is 0 Å². The lowest BCUT2D eigenvalue weighted by Gasteiger charge is -2.35. The molecule has 1 heterocycles. The van der Waals surface area contributed by atoms with Gasteiger partial charge in [0.25, 0.3) is 5.91 Å². The SMILES string of the molecule is CON=C(C(N)=O)c1csc(C(c2ccccc2)(c2ccccc2)c2ccccc2N)n1. The van der Waals surface area contributed by atoms with Gasteiger partial charge in [0, 0.05) is 11.1 Å². The highest BCUT2D eigenvalue weighted by Gasteiger charge is 2.42. The van der Waals surface area contributed by atoms with E-state index in [0.29, 0.717) is 11.4 Å². The summed E-state index contributed by atoms with van der Waals surface area (Å²) in [6.07, 6.45) is 0. The van der Waals surface area contributed by atoms with E-state index in [-0.39, 0.29) is 5.71 Å². The predicted octanol–water partition coefficient (Wildman–Crippen LogP) is 3.94. The van der Waals surface area contributed by atoms with Crippen LogP contribution in [-0.4, -0.2) is 23.7 Å². The molecule has 0 unspecified atom stereocenters. The van der Waals surface area contributed by atoms with Crippen LogP contribution in [0.4, 0.5) is 5.69 Å². The number of nitrogens with zero attached hydrogens (tertiary/aromatic N) is 2. The number of nitrogens with two attached hydrogens (primary N) is 2. The van der Waals surface area contributed by atoms with Gasteiger partial charge in [-0.05, 0) is 22.8 Å². The summed E-state index contributed by atoms with van der Waals surface area (Å²) in [5.41, 5.74) is 15.1. The minimum absolute atomic E-state index is 0.0361. The molecule has 0 bridgehead atoms. The average Bonchev–Trinajstić information content (AvgIpc) is 3.30. The summed E-state index contributed by atoms with van der Waals surface area (Å²) in [6, 6.07) is 27.9. The summed E-state index contributed by atoms with van der Waals surface area (Å²) in [7, 11) is 1.36. The van der Waals surface area contributed by atoms with E-state index in [1.165, 1.54) is 18.4 Å². The van der Waals surface area contributed by atoms with Gasteiger partial charge in [0.15, 0.2) is 5.71 Å². The largest absolute Gasteiger partial charge is 0.398 e. The molecule has 4 N–H and O–H groups in total. The molecule has 0 saturated heterocycles. The Kier molecular flexibility index (Phi) is 6.00. The third-order valence-corrected chi connectivity index (χ3v) is 6.22. The number of anilines is 1. The second kappa shape index (κ2) is 9.03. The van der Waals surface area contributed by atoms with Crippen LogP contribution in [0.25, 0.3) is 0 Å². The number of rotatable bonds is 7. The number of nitrogen functional groups attached to an aromatic ring is 1. The van der Waals surface area contributed by atoms with Crippen LogP contribution in [0.15, 0.2) is 95.5 Å². The maximum Gasteiger partial charge on any atom is 0.273 e. The zero-order valence-electron chi connectivity index (χ0n) is 17.4. The summed E-state index contributed by atoms with van der Waals surface area (Å²) >= 11 is 1.41. The molecule has 4 rings (SSSR count). The molecular weight excluding hydrogens is 420 g/mol. The molecule has 0 aliphatic heterocycles. The van der Waals surface area contributed by atoms with Crippen LogP contribution in [0.3, 0.4) is 0 Å². The van der Waals surface area contributed by atoms with E-state index in [1.54, 1.807) is 5.38 Å². The number of oxime groups is 1. The molecule has 0 aliphatic rings. The van der Waals surface area contributed by atoms with Crippen molar-refractivity contribution in [2.45, 2.75) is 5.41 Å². The van der Waals surface area contributed by atoms with Gasteiger partial charge in [0.05, 0.1) is 5.41 Å². The Morgan fingerprint density at radius 3 is 2.03 bits per heavy atom. The lowest BCUT2D eigenvalue weighted by molar-refractivity contribution is -0.112. The van der Waals surface area contributed by atoms with Crippen molar-refractivity contribution in [2.24, 2.45) is 10.9 Å². The Morgan fingerprint density at radius 1 is 0.938 bits per heavy atom. The van der Waals surface area contributed by atoms with E-state index in [4.69, 9.17) is 21.3 Å². The number of amides is 1. The van der Waals surface area contributed by atoms with Crippen molar-refractivity contribution in [2.75, 3.05) is 12.8 Å². The first-order valence-corrected chi connectivity index (χ1v) is 10.8. The molecule has 0 radical (unpaired) electrons. The van der Waals surface area contributed by atoms with Crippen LogP contribution in [0, 0.1) is 0 Å². The molecule has 7 heteroatoms. The van der Waals surface area contributed by atoms with Gasteiger partial charge in [-0.2, -0.15) is 0 Å². The fraction of sp³-hybridized carbons (Fsp3) is 0.0800. The van der Waals surface area contributed by atoms with E-state index in [0.717, 1.165) is 21.7 Å². The number of primary amides is 1. The quantitative estimate of drug-likeness (QED) is 0.196. The Bertz CT molecular complexity index is 1210. The molecule has 4 aromatic rings. The van der Waals surface area contributed by atoms with Gasteiger partial charge in [0.2, 0.25) is 0 Å². The Balaban J connectivity index is 2.09. The van der Waals surface area contributed by atoms with Crippen molar-refractivity contribution in [1.82, 2.24) is 4.98 Å². The highest BCUT2D eigenvalue weighted by atomic mass is 32.1.